The molecule has 132 valence electrons. The summed E-state index contributed by atoms with van der Waals surface area (Å²) in [6, 6.07) is 16.6. The van der Waals surface area contributed by atoms with E-state index in [0.29, 0.717) is 22.7 Å². The highest BCUT2D eigenvalue weighted by atomic mass is 16.3. The highest BCUT2D eigenvalue weighted by molar-refractivity contribution is 6.02. The van der Waals surface area contributed by atoms with E-state index in [2.05, 4.69) is 15.6 Å². The van der Waals surface area contributed by atoms with E-state index in [9.17, 15) is 9.90 Å². The molecule has 6 nitrogen and oxygen atoms in total. The Hall–Kier alpha value is -3.41. The Morgan fingerprint density at radius 1 is 1.12 bits per heavy atom. The Bertz CT molecular complexity index is 957. The fraction of sp³-hybridized carbons (Fsp3) is 0.150. The summed E-state index contributed by atoms with van der Waals surface area (Å²) in [5, 5.41) is 19.0. The lowest BCUT2D eigenvalue weighted by Gasteiger charge is -2.03. The minimum Gasteiger partial charge on any atom is -0.504 e. The molecule has 0 saturated heterocycles. The van der Waals surface area contributed by atoms with Crippen molar-refractivity contribution in [3.8, 4) is 17.0 Å². The minimum atomic E-state index is -0.320. The summed E-state index contributed by atoms with van der Waals surface area (Å²) in [5.41, 5.74) is 6.34. The molecule has 6 heteroatoms. The second-order valence-electron chi connectivity index (χ2n) is 6.04. The lowest BCUT2D eigenvalue weighted by atomic mass is 10.1. The molecule has 1 aromatic heterocycles. The van der Waals surface area contributed by atoms with Crippen LogP contribution in [0.15, 0.2) is 59.7 Å². The number of nitrogens with zero attached hydrogens (tertiary/aromatic N) is 3. The predicted molar refractivity (Wildman–Crippen MR) is 101 cm³/mol. The zero-order valence-corrected chi connectivity index (χ0v) is 14.9. The molecule has 0 fully saturated rings. The molecule has 2 N–H and O–H groups in total. The standard InChI is InChI=1S/C20H20N4O2/c1-13-9-11-15(12-10-13)18-19(25)17(23-24(18)3)14(2)21-22-20(26)16-7-5-4-6-8-16/h4-12,25H,1-3H3,(H,22,26)/b21-14-. The summed E-state index contributed by atoms with van der Waals surface area (Å²) in [6.07, 6.45) is 0. The van der Waals surface area contributed by atoms with Crippen LogP contribution >= 0.6 is 0 Å². The largest absolute Gasteiger partial charge is 0.504 e. The van der Waals surface area contributed by atoms with Crippen LogP contribution in [0.1, 0.15) is 28.5 Å². The van der Waals surface area contributed by atoms with E-state index in [1.165, 1.54) is 0 Å². The molecule has 0 atom stereocenters. The first-order valence-corrected chi connectivity index (χ1v) is 8.20. The van der Waals surface area contributed by atoms with Gasteiger partial charge in [0.15, 0.2) is 11.4 Å². The van der Waals surface area contributed by atoms with Crippen molar-refractivity contribution in [2.75, 3.05) is 0 Å². The number of aromatic nitrogens is 2. The molecule has 0 aliphatic carbocycles. The zero-order valence-electron chi connectivity index (χ0n) is 14.9. The average Bonchev–Trinajstić information content (AvgIpc) is 2.95. The van der Waals surface area contributed by atoms with Crippen LogP contribution in [0.4, 0.5) is 0 Å². The van der Waals surface area contributed by atoms with Crippen molar-refractivity contribution in [1.29, 1.82) is 0 Å². The number of hydrogen-bond donors (Lipinski definition) is 2. The van der Waals surface area contributed by atoms with Gasteiger partial charge < -0.3 is 5.11 Å². The van der Waals surface area contributed by atoms with Crippen molar-refractivity contribution in [2.24, 2.45) is 12.1 Å². The van der Waals surface area contributed by atoms with Crippen molar-refractivity contribution in [3.63, 3.8) is 0 Å². The fourth-order valence-corrected chi connectivity index (χ4v) is 2.63. The number of carbonyl (C=O) groups excluding carboxylic acids is 1. The van der Waals surface area contributed by atoms with E-state index in [1.54, 1.807) is 42.9 Å². The molecule has 1 amide bonds. The van der Waals surface area contributed by atoms with Gasteiger partial charge in [-0.05, 0) is 26.0 Å². The number of amides is 1. The Kier molecular flexibility index (Phi) is 4.84. The van der Waals surface area contributed by atoms with E-state index >= 15 is 0 Å². The molecular formula is C20H20N4O2. The van der Waals surface area contributed by atoms with Crippen LogP contribution in [0.25, 0.3) is 11.3 Å². The summed E-state index contributed by atoms with van der Waals surface area (Å²) in [6.45, 7) is 3.69. The molecule has 1 heterocycles. The molecule has 3 rings (SSSR count). The van der Waals surface area contributed by atoms with Gasteiger partial charge in [0, 0.05) is 18.2 Å². The van der Waals surface area contributed by atoms with E-state index < -0.39 is 0 Å². The molecule has 3 aromatic rings. The summed E-state index contributed by atoms with van der Waals surface area (Å²) in [5.74, 6) is -0.286. The first-order chi connectivity index (χ1) is 12.5. The first-order valence-electron chi connectivity index (χ1n) is 8.20. The van der Waals surface area contributed by atoms with Crippen molar-refractivity contribution < 1.29 is 9.90 Å². The lowest BCUT2D eigenvalue weighted by Crippen LogP contribution is -2.19. The third-order valence-electron chi connectivity index (χ3n) is 4.05. The van der Waals surface area contributed by atoms with Crippen LogP contribution in [0.5, 0.6) is 5.75 Å². The number of hydrogen-bond acceptors (Lipinski definition) is 4. The number of aromatic hydroxyl groups is 1. The Labute approximate surface area is 151 Å². The van der Waals surface area contributed by atoms with Gasteiger partial charge in [-0.3, -0.25) is 9.48 Å². The second-order valence-corrected chi connectivity index (χ2v) is 6.04. The maximum absolute atomic E-state index is 12.1. The van der Waals surface area contributed by atoms with Gasteiger partial charge in [-0.25, -0.2) is 5.43 Å². The van der Waals surface area contributed by atoms with Crippen LogP contribution in [0.2, 0.25) is 0 Å². The number of nitrogens with one attached hydrogen (secondary N) is 1. The number of hydrazone groups is 1. The van der Waals surface area contributed by atoms with Gasteiger partial charge in [0.2, 0.25) is 0 Å². The molecule has 0 aliphatic rings. The molecular weight excluding hydrogens is 328 g/mol. The normalized spacial score (nSPS) is 11.4. The number of carbonyl (C=O) groups is 1. The van der Waals surface area contributed by atoms with Crippen molar-refractivity contribution >= 4 is 11.6 Å². The van der Waals surface area contributed by atoms with Crippen molar-refractivity contribution in [2.45, 2.75) is 13.8 Å². The minimum absolute atomic E-state index is 0.0339. The summed E-state index contributed by atoms with van der Waals surface area (Å²) in [4.78, 5) is 12.1. The molecule has 0 unspecified atom stereocenters. The lowest BCUT2D eigenvalue weighted by molar-refractivity contribution is 0.0955. The topological polar surface area (TPSA) is 79.5 Å². The first kappa shape index (κ1) is 17.4. The SMILES string of the molecule is C/C(=N/NC(=O)c1ccccc1)c1nn(C)c(-c2ccc(C)cc2)c1O. The molecule has 0 spiro atoms. The third-order valence-corrected chi connectivity index (χ3v) is 4.05. The molecule has 0 saturated carbocycles. The van der Waals surface area contributed by atoms with Crippen LogP contribution < -0.4 is 5.43 Å². The van der Waals surface area contributed by atoms with E-state index in [4.69, 9.17) is 0 Å². The van der Waals surface area contributed by atoms with Crippen LogP contribution in [-0.2, 0) is 7.05 Å². The Morgan fingerprint density at radius 3 is 2.42 bits per heavy atom. The molecule has 0 aliphatic heterocycles. The van der Waals surface area contributed by atoms with Gasteiger partial charge in [0.1, 0.15) is 5.69 Å². The maximum atomic E-state index is 12.1. The zero-order chi connectivity index (χ0) is 18.7. The highest BCUT2D eigenvalue weighted by Gasteiger charge is 2.19. The van der Waals surface area contributed by atoms with Gasteiger partial charge in [-0.2, -0.15) is 10.2 Å². The van der Waals surface area contributed by atoms with Crippen molar-refractivity contribution in [3.05, 3.63) is 71.4 Å². The molecule has 0 radical (unpaired) electrons. The summed E-state index contributed by atoms with van der Waals surface area (Å²) >= 11 is 0. The summed E-state index contributed by atoms with van der Waals surface area (Å²) in [7, 11) is 1.76. The average molecular weight is 348 g/mol. The van der Waals surface area contributed by atoms with Crippen LogP contribution in [-0.4, -0.2) is 26.5 Å². The quantitative estimate of drug-likeness (QED) is 0.561. The predicted octanol–water partition coefficient (Wildman–Crippen LogP) is 3.26. The van der Waals surface area contributed by atoms with Crippen LogP contribution in [0, 0.1) is 6.92 Å². The summed E-state index contributed by atoms with van der Waals surface area (Å²) < 4.78 is 1.60. The molecule has 2 aromatic carbocycles. The van der Waals surface area contributed by atoms with Gasteiger partial charge in [0.05, 0.1) is 5.71 Å². The van der Waals surface area contributed by atoms with Crippen molar-refractivity contribution in [1.82, 2.24) is 15.2 Å². The van der Waals surface area contributed by atoms with Gasteiger partial charge in [-0.15, -0.1) is 0 Å². The number of benzene rings is 2. The molecule has 0 bridgehead atoms. The number of rotatable bonds is 4. The van der Waals surface area contributed by atoms with E-state index in [-0.39, 0.29) is 11.7 Å². The van der Waals surface area contributed by atoms with Gasteiger partial charge in [-0.1, -0.05) is 48.0 Å². The fourth-order valence-electron chi connectivity index (χ4n) is 2.63. The van der Waals surface area contributed by atoms with E-state index in [0.717, 1.165) is 11.1 Å². The van der Waals surface area contributed by atoms with E-state index in [1.807, 2.05) is 37.3 Å². The highest BCUT2D eigenvalue weighted by Crippen LogP contribution is 2.32. The maximum Gasteiger partial charge on any atom is 0.271 e. The third kappa shape index (κ3) is 3.49. The Balaban J connectivity index is 1.86. The monoisotopic (exact) mass is 348 g/mol. The smallest absolute Gasteiger partial charge is 0.271 e. The van der Waals surface area contributed by atoms with Gasteiger partial charge >= 0.3 is 0 Å². The number of aryl methyl sites for hydroxylation is 2. The van der Waals surface area contributed by atoms with Crippen LogP contribution in [0.3, 0.4) is 0 Å². The molecule has 26 heavy (non-hydrogen) atoms. The van der Waals surface area contributed by atoms with Gasteiger partial charge in [0.25, 0.3) is 5.91 Å². The Morgan fingerprint density at radius 2 is 1.77 bits per heavy atom. The second kappa shape index (κ2) is 7.23.